The van der Waals surface area contributed by atoms with Gasteiger partial charge >= 0.3 is 0 Å². The van der Waals surface area contributed by atoms with Gasteiger partial charge in [0.25, 0.3) is 0 Å². The van der Waals surface area contributed by atoms with Gasteiger partial charge in [0.2, 0.25) is 0 Å². The predicted octanol–water partition coefficient (Wildman–Crippen LogP) is 2.95. The lowest BCUT2D eigenvalue weighted by Gasteiger charge is -2.23. The Labute approximate surface area is 112 Å². The molecule has 1 aromatic heterocycles. The van der Waals surface area contributed by atoms with Gasteiger partial charge in [0.05, 0.1) is 12.3 Å². The molecule has 0 saturated heterocycles. The summed E-state index contributed by atoms with van der Waals surface area (Å²) < 4.78 is 6.16. The van der Waals surface area contributed by atoms with Crippen molar-refractivity contribution in [1.29, 1.82) is 0 Å². The Balaban J connectivity index is 2.54. The molecular formula is C13H21BrN2O. The van der Waals surface area contributed by atoms with E-state index in [9.17, 15) is 0 Å². The van der Waals surface area contributed by atoms with E-state index in [1.54, 1.807) is 7.11 Å². The maximum atomic E-state index is 5.14. The number of nitrogens with zero attached hydrogens (tertiary/aromatic N) is 2. The molecule has 0 aliphatic rings. The number of aromatic nitrogens is 1. The van der Waals surface area contributed by atoms with Crippen LogP contribution in [0.4, 0.5) is 0 Å². The summed E-state index contributed by atoms with van der Waals surface area (Å²) in [5.74, 6) is 0.655. The van der Waals surface area contributed by atoms with Crippen LogP contribution in [0.3, 0.4) is 0 Å². The van der Waals surface area contributed by atoms with E-state index < -0.39 is 0 Å². The van der Waals surface area contributed by atoms with Gasteiger partial charge in [0.1, 0.15) is 0 Å². The third-order valence-electron chi connectivity index (χ3n) is 2.41. The summed E-state index contributed by atoms with van der Waals surface area (Å²) in [4.78, 5) is 6.78. The zero-order valence-electron chi connectivity index (χ0n) is 10.8. The second kappa shape index (κ2) is 7.80. The molecule has 0 N–H and O–H groups in total. The zero-order valence-corrected chi connectivity index (χ0v) is 12.4. The standard InChI is InChI=1S/C13H21BrN2O/c1-11(2)9-16(6-7-17-3)10-13-5-4-12(14)8-15-13/h4-5,8,11H,6-7,9-10H2,1-3H3. The van der Waals surface area contributed by atoms with E-state index in [2.05, 4.69) is 45.7 Å². The fourth-order valence-electron chi connectivity index (χ4n) is 1.70. The molecule has 17 heavy (non-hydrogen) atoms. The van der Waals surface area contributed by atoms with Gasteiger partial charge in [0.15, 0.2) is 0 Å². The second-order valence-electron chi connectivity index (χ2n) is 4.59. The van der Waals surface area contributed by atoms with Crippen LogP contribution in [0.2, 0.25) is 0 Å². The predicted molar refractivity (Wildman–Crippen MR) is 73.9 cm³/mol. The molecule has 0 amide bonds. The number of hydrogen-bond acceptors (Lipinski definition) is 3. The first-order chi connectivity index (χ1) is 8.11. The number of rotatable bonds is 7. The van der Waals surface area contributed by atoms with Crippen LogP contribution in [0.25, 0.3) is 0 Å². The number of halogens is 1. The van der Waals surface area contributed by atoms with Crippen molar-refractivity contribution in [2.24, 2.45) is 5.92 Å². The Morgan fingerprint density at radius 2 is 2.18 bits per heavy atom. The van der Waals surface area contributed by atoms with E-state index in [4.69, 9.17) is 4.74 Å². The molecular weight excluding hydrogens is 280 g/mol. The van der Waals surface area contributed by atoms with E-state index >= 15 is 0 Å². The van der Waals surface area contributed by atoms with Gasteiger partial charge in [-0.1, -0.05) is 13.8 Å². The zero-order chi connectivity index (χ0) is 12.7. The molecule has 0 aliphatic carbocycles. The highest BCUT2D eigenvalue weighted by Crippen LogP contribution is 2.10. The number of methoxy groups -OCH3 is 1. The minimum Gasteiger partial charge on any atom is -0.383 e. The van der Waals surface area contributed by atoms with Gasteiger partial charge in [-0.15, -0.1) is 0 Å². The molecule has 0 saturated carbocycles. The summed E-state index contributed by atoms with van der Waals surface area (Å²) in [5, 5.41) is 0. The van der Waals surface area contributed by atoms with Gasteiger partial charge in [-0.2, -0.15) is 0 Å². The maximum Gasteiger partial charge on any atom is 0.0589 e. The van der Waals surface area contributed by atoms with E-state index in [0.29, 0.717) is 5.92 Å². The highest BCUT2D eigenvalue weighted by Gasteiger charge is 2.08. The van der Waals surface area contributed by atoms with Crippen molar-refractivity contribution < 1.29 is 4.74 Å². The first-order valence-corrected chi connectivity index (χ1v) is 6.73. The fraction of sp³-hybridized carbons (Fsp3) is 0.615. The van der Waals surface area contributed by atoms with E-state index in [-0.39, 0.29) is 0 Å². The van der Waals surface area contributed by atoms with Crippen LogP contribution < -0.4 is 0 Å². The first kappa shape index (κ1) is 14.6. The van der Waals surface area contributed by atoms with Crippen molar-refractivity contribution in [2.45, 2.75) is 20.4 Å². The second-order valence-corrected chi connectivity index (χ2v) is 5.51. The number of ether oxygens (including phenoxy) is 1. The van der Waals surface area contributed by atoms with Crippen molar-refractivity contribution >= 4 is 15.9 Å². The minimum absolute atomic E-state index is 0.655. The monoisotopic (exact) mass is 300 g/mol. The molecule has 1 heterocycles. The molecule has 0 aliphatic heterocycles. The molecule has 3 nitrogen and oxygen atoms in total. The molecule has 4 heteroatoms. The minimum atomic E-state index is 0.655. The van der Waals surface area contributed by atoms with Crippen molar-refractivity contribution in [1.82, 2.24) is 9.88 Å². The summed E-state index contributed by atoms with van der Waals surface area (Å²) in [7, 11) is 1.74. The lowest BCUT2D eigenvalue weighted by atomic mass is 10.2. The molecule has 0 aromatic carbocycles. The van der Waals surface area contributed by atoms with Crippen LogP contribution in [0.5, 0.6) is 0 Å². The van der Waals surface area contributed by atoms with Crippen molar-refractivity contribution in [3.8, 4) is 0 Å². The van der Waals surface area contributed by atoms with Crippen molar-refractivity contribution in [3.63, 3.8) is 0 Å². The molecule has 0 radical (unpaired) electrons. The third kappa shape index (κ3) is 6.15. The summed E-state index contributed by atoms with van der Waals surface area (Å²) in [6.45, 7) is 8.13. The fourth-order valence-corrected chi connectivity index (χ4v) is 1.94. The topological polar surface area (TPSA) is 25.4 Å². The third-order valence-corrected chi connectivity index (χ3v) is 2.88. The number of hydrogen-bond donors (Lipinski definition) is 0. The molecule has 0 atom stereocenters. The summed E-state index contributed by atoms with van der Waals surface area (Å²) in [6.07, 6.45) is 1.85. The van der Waals surface area contributed by atoms with Crippen LogP contribution in [0, 0.1) is 5.92 Å². The Hall–Kier alpha value is -0.450. The van der Waals surface area contributed by atoms with Crippen molar-refractivity contribution in [3.05, 3.63) is 28.5 Å². The van der Waals surface area contributed by atoms with Crippen LogP contribution in [-0.4, -0.2) is 36.7 Å². The molecule has 96 valence electrons. The molecule has 0 fully saturated rings. The van der Waals surface area contributed by atoms with Crippen LogP contribution in [0.1, 0.15) is 19.5 Å². The molecule has 1 aromatic rings. The summed E-state index contributed by atoms with van der Waals surface area (Å²) >= 11 is 3.40. The van der Waals surface area contributed by atoms with Crippen LogP contribution >= 0.6 is 15.9 Å². The molecule has 1 rings (SSSR count). The normalized spacial score (nSPS) is 11.4. The van der Waals surface area contributed by atoms with Crippen LogP contribution in [0.15, 0.2) is 22.8 Å². The van der Waals surface area contributed by atoms with E-state index in [0.717, 1.165) is 36.4 Å². The highest BCUT2D eigenvalue weighted by molar-refractivity contribution is 9.10. The molecule has 0 unspecified atom stereocenters. The lowest BCUT2D eigenvalue weighted by molar-refractivity contribution is 0.135. The van der Waals surface area contributed by atoms with Crippen molar-refractivity contribution in [2.75, 3.05) is 26.8 Å². The maximum absolute atomic E-state index is 5.14. The van der Waals surface area contributed by atoms with Gasteiger partial charge < -0.3 is 4.74 Å². The summed E-state index contributed by atoms with van der Waals surface area (Å²) in [6, 6.07) is 4.09. The van der Waals surface area contributed by atoms with E-state index in [1.807, 2.05) is 12.3 Å². The van der Waals surface area contributed by atoms with Crippen LogP contribution in [-0.2, 0) is 11.3 Å². The molecule has 0 bridgehead atoms. The number of pyridine rings is 1. The Morgan fingerprint density at radius 1 is 1.41 bits per heavy atom. The first-order valence-electron chi connectivity index (χ1n) is 5.93. The summed E-state index contributed by atoms with van der Waals surface area (Å²) in [5.41, 5.74) is 1.10. The smallest absolute Gasteiger partial charge is 0.0589 e. The van der Waals surface area contributed by atoms with Gasteiger partial charge in [0, 0.05) is 37.4 Å². The average Bonchev–Trinajstić information content (AvgIpc) is 2.28. The quantitative estimate of drug-likeness (QED) is 0.774. The largest absolute Gasteiger partial charge is 0.383 e. The highest BCUT2D eigenvalue weighted by atomic mass is 79.9. The lowest BCUT2D eigenvalue weighted by Crippen LogP contribution is -2.30. The van der Waals surface area contributed by atoms with Gasteiger partial charge in [-0.05, 0) is 34.0 Å². The Bertz CT molecular complexity index is 314. The van der Waals surface area contributed by atoms with E-state index in [1.165, 1.54) is 0 Å². The van der Waals surface area contributed by atoms with Gasteiger partial charge in [-0.3, -0.25) is 9.88 Å². The Morgan fingerprint density at radius 3 is 2.71 bits per heavy atom. The average molecular weight is 301 g/mol. The molecule has 0 spiro atoms. The Kier molecular flexibility index (Phi) is 6.70. The van der Waals surface area contributed by atoms with Gasteiger partial charge in [-0.25, -0.2) is 0 Å². The SMILES string of the molecule is COCCN(Cc1ccc(Br)cn1)CC(C)C.